The van der Waals surface area contributed by atoms with E-state index < -0.39 is 10.2 Å². The SMILES string of the molecule is NS(=O)(=O)NOCc1ccccc1. The molecule has 1 aromatic carbocycles. The molecule has 0 fully saturated rings. The second kappa shape index (κ2) is 4.33. The van der Waals surface area contributed by atoms with Gasteiger partial charge in [0.25, 0.3) is 10.2 Å². The summed E-state index contributed by atoms with van der Waals surface area (Å²) in [4.78, 5) is 6.34. The van der Waals surface area contributed by atoms with Crippen molar-refractivity contribution < 1.29 is 13.3 Å². The first kappa shape index (κ1) is 10.1. The second-order valence-corrected chi connectivity index (χ2v) is 3.66. The van der Waals surface area contributed by atoms with E-state index in [1.807, 2.05) is 30.3 Å². The Morgan fingerprint density at radius 3 is 2.46 bits per heavy atom. The Balaban J connectivity index is 2.37. The maximum atomic E-state index is 10.4. The minimum Gasteiger partial charge on any atom is -0.281 e. The predicted molar refractivity (Wildman–Crippen MR) is 47.5 cm³/mol. The van der Waals surface area contributed by atoms with Crippen LogP contribution in [0.25, 0.3) is 0 Å². The Bertz CT molecular complexity index is 349. The molecule has 5 nitrogen and oxygen atoms in total. The van der Waals surface area contributed by atoms with Crippen LogP contribution in [0.1, 0.15) is 5.56 Å². The van der Waals surface area contributed by atoms with Gasteiger partial charge in [-0.05, 0) is 5.56 Å². The highest BCUT2D eigenvalue weighted by atomic mass is 32.2. The Hall–Kier alpha value is -0.950. The lowest BCUT2D eigenvalue weighted by Gasteiger charge is -2.02. The van der Waals surface area contributed by atoms with Crippen molar-refractivity contribution in [1.29, 1.82) is 0 Å². The number of nitrogens with one attached hydrogen (secondary N) is 1. The minimum absolute atomic E-state index is 0.150. The van der Waals surface area contributed by atoms with E-state index in [1.165, 1.54) is 0 Å². The van der Waals surface area contributed by atoms with Gasteiger partial charge in [0.05, 0.1) is 6.61 Å². The van der Waals surface area contributed by atoms with Gasteiger partial charge in [0.15, 0.2) is 0 Å². The van der Waals surface area contributed by atoms with Crippen molar-refractivity contribution in [1.82, 2.24) is 4.89 Å². The van der Waals surface area contributed by atoms with Crippen LogP contribution >= 0.6 is 0 Å². The summed E-state index contributed by atoms with van der Waals surface area (Å²) >= 11 is 0. The molecule has 0 aliphatic carbocycles. The number of rotatable bonds is 4. The Morgan fingerprint density at radius 1 is 1.31 bits per heavy atom. The van der Waals surface area contributed by atoms with Gasteiger partial charge in [-0.3, -0.25) is 4.84 Å². The third kappa shape index (κ3) is 4.58. The van der Waals surface area contributed by atoms with Crippen molar-refractivity contribution in [3.05, 3.63) is 35.9 Å². The Kier molecular flexibility index (Phi) is 3.38. The van der Waals surface area contributed by atoms with Crippen LogP contribution in [0, 0.1) is 0 Å². The molecule has 0 unspecified atom stereocenters. The van der Waals surface area contributed by atoms with E-state index >= 15 is 0 Å². The summed E-state index contributed by atoms with van der Waals surface area (Å²) in [7, 11) is -3.77. The van der Waals surface area contributed by atoms with E-state index in [1.54, 1.807) is 4.89 Å². The van der Waals surface area contributed by atoms with E-state index in [9.17, 15) is 8.42 Å². The molecule has 0 aromatic heterocycles. The molecule has 0 aliphatic heterocycles. The number of nitrogens with two attached hydrogens (primary N) is 1. The minimum atomic E-state index is -3.77. The quantitative estimate of drug-likeness (QED) is 0.669. The fourth-order valence-corrected chi connectivity index (χ4v) is 0.992. The van der Waals surface area contributed by atoms with E-state index in [4.69, 9.17) is 0 Å². The van der Waals surface area contributed by atoms with E-state index in [0.29, 0.717) is 0 Å². The molecule has 1 aromatic rings. The van der Waals surface area contributed by atoms with Crippen molar-refractivity contribution in [2.75, 3.05) is 0 Å². The zero-order valence-electron chi connectivity index (χ0n) is 6.80. The maximum absolute atomic E-state index is 10.4. The van der Waals surface area contributed by atoms with Gasteiger partial charge in [0.2, 0.25) is 0 Å². The predicted octanol–water partition coefficient (Wildman–Crippen LogP) is -0.0887. The maximum Gasteiger partial charge on any atom is 0.296 e. The van der Waals surface area contributed by atoms with Gasteiger partial charge >= 0.3 is 0 Å². The topological polar surface area (TPSA) is 81.4 Å². The lowest BCUT2D eigenvalue weighted by molar-refractivity contribution is 0.0795. The van der Waals surface area contributed by atoms with Crippen LogP contribution < -0.4 is 10.0 Å². The van der Waals surface area contributed by atoms with Gasteiger partial charge in [0.1, 0.15) is 0 Å². The van der Waals surface area contributed by atoms with Crippen LogP contribution in [0.15, 0.2) is 30.3 Å². The molecule has 0 heterocycles. The fourth-order valence-electron chi connectivity index (χ4n) is 0.769. The Labute approximate surface area is 76.6 Å². The lowest BCUT2D eigenvalue weighted by Crippen LogP contribution is -2.30. The molecule has 0 spiro atoms. The average Bonchev–Trinajstić information content (AvgIpc) is 2.04. The van der Waals surface area contributed by atoms with Gasteiger partial charge in [-0.2, -0.15) is 8.42 Å². The van der Waals surface area contributed by atoms with Crippen molar-refractivity contribution in [2.24, 2.45) is 5.14 Å². The van der Waals surface area contributed by atoms with E-state index in [0.717, 1.165) is 5.56 Å². The molecule has 13 heavy (non-hydrogen) atoms. The first-order valence-corrected chi connectivity index (χ1v) is 5.08. The summed E-state index contributed by atoms with van der Waals surface area (Å²) in [6, 6.07) is 9.14. The summed E-state index contributed by atoms with van der Waals surface area (Å²) in [6.45, 7) is 0.150. The van der Waals surface area contributed by atoms with Gasteiger partial charge in [-0.1, -0.05) is 35.2 Å². The van der Waals surface area contributed by atoms with Gasteiger partial charge in [-0.25, -0.2) is 5.14 Å². The molecule has 0 aliphatic rings. The monoisotopic (exact) mass is 202 g/mol. The lowest BCUT2D eigenvalue weighted by atomic mass is 10.2. The standard InChI is InChI=1S/C7H10N2O3S/c8-13(10,11)9-12-6-7-4-2-1-3-5-7/h1-5,9H,6H2,(H2,8,10,11). The number of benzene rings is 1. The van der Waals surface area contributed by atoms with E-state index in [-0.39, 0.29) is 6.61 Å². The highest BCUT2D eigenvalue weighted by molar-refractivity contribution is 7.87. The number of hydrogen-bond acceptors (Lipinski definition) is 3. The van der Waals surface area contributed by atoms with Crippen LogP contribution in [0.4, 0.5) is 0 Å². The zero-order chi connectivity index (χ0) is 9.73. The van der Waals surface area contributed by atoms with Gasteiger partial charge < -0.3 is 0 Å². The Morgan fingerprint density at radius 2 is 1.92 bits per heavy atom. The summed E-state index contributed by atoms with van der Waals surface area (Å²) in [5.41, 5.74) is 0.860. The van der Waals surface area contributed by atoms with E-state index in [2.05, 4.69) is 9.98 Å². The normalized spacial score (nSPS) is 11.5. The molecular weight excluding hydrogens is 192 g/mol. The highest BCUT2D eigenvalue weighted by Gasteiger charge is 1.99. The molecule has 0 bridgehead atoms. The average molecular weight is 202 g/mol. The summed E-state index contributed by atoms with van der Waals surface area (Å²) in [6.07, 6.45) is 0. The van der Waals surface area contributed by atoms with Crippen molar-refractivity contribution in [2.45, 2.75) is 6.61 Å². The zero-order valence-corrected chi connectivity index (χ0v) is 7.62. The van der Waals surface area contributed by atoms with Gasteiger partial charge in [0, 0.05) is 0 Å². The molecule has 0 saturated carbocycles. The van der Waals surface area contributed by atoms with Crippen LogP contribution in [-0.4, -0.2) is 8.42 Å². The van der Waals surface area contributed by atoms with Crippen molar-refractivity contribution in [3.63, 3.8) is 0 Å². The first-order valence-electron chi connectivity index (χ1n) is 3.53. The fraction of sp³-hybridized carbons (Fsp3) is 0.143. The van der Waals surface area contributed by atoms with Gasteiger partial charge in [-0.15, -0.1) is 0 Å². The summed E-state index contributed by atoms with van der Waals surface area (Å²) in [5.74, 6) is 0. The van der Waals surface area contributed by atoms with Crippen LogP contribution in [0.3, 0.4) is 0 Å². The smallest absolute Gasteiger partial charge is 0.281 e. The van der Waals surface area contributed by atoms with Crippen LogP contribution in [0.5, 0.6) is 0 Å². The molecule has 3 N–H and O–H groups in total. The number of hydrogen-bond donors (Lipinski definition) is 2. The summed E-state index contributed by atoms with van der Waals surface area (Å²) < 4.78 is 20.7. The molecule has 72 valence electrons. The molecule has 1 rings (SSSR count). The van der Waals surface area contributed by atoms with Crippen LogP contribution in [-0.2, 0) is 21.7 Å². The molecule has 0 radical (unpaired) electrons. The molecular formula is C7H10N2O3S. The molecule has 0 saturated heterocycles. The van der Waals surface area contributed by atoms with Crippen molar-refractivity contribution >= 4 is 10.2 Å². The van der Waals surface area contributed by atoms with Crippen LogP contribution in [0.2, 0.25) is 0 Å². The largest absolute Gasteiger partial charge is 0.296 e. The summed E-state index contributed by atoms with van der Waals surface area (Å²) in [5, 5.41) is 4.64. The first-order chi connectivity index (χ1) is 6.08. The third-order valence-corrected chi connectivity index (χ3v) is 1.61. The second-order valence-electron chi connectivity index (χ2n) is 2.40. The third-order valence-electron chi connectivity index (χ3n) is 1.26. The van der Waals surface area contributed by atoms with Crippen molar-refractivity contribution in [3.8, 4) is 0 Å². The molecule has 0 amide bonds. The highest BCUT2D eigenvalue weighted by Crippen LogP contribution is 1.98. The molecule has 6 heteroatoms. The molecule has 0 atom stereocenters.